The summed E-state index contributed by atoms with van der Waals surface area (Å²) in [7, 11) is 1.30. The van der Waals surface area contributed by atoms with Crippen LogP contribution < -0.4 is 10.1 Å². The average molecular weight is 283 g/mol. The van der Waals surface area contributed by atoms with Gasteiger partial charge in [-0.15, -0.1) is 4.91 Å². The standard InChI is InChI=1S/C15H13N3O3/c1-18(17-20)15(19)16-12-6-4-8-14-11(12)9-10-5-2-3-7-13(10)21-14/h2-8H,9H2,1H3,(H,16,19). The van der Waals surface area contributed by atoms with Crippen LogP contribution in [0.4, 0.5) is 10.5 Å². The molecule has 0 radical (unpaired) electrons. The first-order valence-electron chi connectivity index (χ1n) is 6.44. The van der Waals surface area contributed by atoms with Crippen molar-refractivity contribution in [2.75, 3.05) is 12.4 Å². The number of rotatable bonds is 2. The van der Waals surface area contributed by atoms with Crippen LogP contribution in [0.5, 0.6) is 11.5 Å². The van der Waals surface area contributed by atoms with E-state index in [1.165, 1.54) is 7.05 Å². The number of para-hydroxylation sites is 1. The van der Waals surface area contributed by atoms with Crippen LogP contribution >= 0.6 is 0 Å². The smallest absolute Gasteiger partial charge is 0.344 e. The van der Waals surface area contributed by atoms with E-state index < -0.39 is 6.03 Å². The molecule has 1 aliphatic rings. The van der Waals surface area contributed by atoms with E-state index >= 15 is 0 Å². The Bertz CT molecular complexity index is 715. The minimum Gasteiger partial charge on any atom is -0.457 e. The molecule has 2 aromatic rings. The summed E-state index contributed by atoms with van der Waals surface area (Å²) in [5.41, 5.74) is 2.54. The molecule has 0 saturated heterocycles. The third-order valence-electron chi connectivity index (χ3n) is 3.35. The highest BCUT2D eigenvalue weighted by atomic mass is 16.5. The van der Waals surface area contributed by atoms with Gasteiger partial charge in [-0.25, -0.2) is 4.79 Å². The van der Waals surface area contributed by atoms with Gasteiger partial charge in [-0.2, -0.15) is 5.01 Å². The molecule has 6 nitrogen and oxygen atoms in total. The van der Waals surface area contributed by atoms with E-state index in [4.69, 9.17) is 4.74 Å². The Morgan fingerprint density at radius 3 is 2.76 bits per heavy atom. The zero-order chi connectivity index (χ0) is 14.8. The second kappa shape index (κ2) is 5.24. The number of nitrogens with one attached hydrogen (secondary N) is 1. The molecule has 0 spiro atoms. The first-order valence-corrected chi connectivity index (χ1v) is 6.44. The second-order valence-corrected chi connectivity index (χ2v) is 4.70. The van der Waals surface area contributed by atoms with Crippen molar-refractivity contribution in [2.24, 2.45) is 5.29 Å². The molecule has 106 valence electrons. The van der Waals surface area contributed by atoms with Gasteiger partial charge in [0.25, 0.3) is 0 Å². The number of ether oxygens (including phenoxy) is 1. The Labute approximate surface area is 121 Å². The topological polar surface area (TPSA) is 71.0 Å². The van der Waals surface area contributed by atoms with Crippen LogP contribution in [-0.2, 0) is 6.42 Å². The quantitative estimate of drug-likeness (QED) is 0.577. The van der Waals surface area contributed by atoms with E-state index in [0.717, 1.165) is 16.9 Å². The maximum Gasteiger partial charge on any atom is 0.344 e. The van der Waals surface area contributed by atoms with Gasteiger partial charge in [-0.1, -0.05) is 24.3 Å². The normalized spacial score (nSPS) is 11.7. The summed E-state index contributed by atoms with van der Waals surface area (Å²) < 4.78 is 5.84. The number of benzene rings is 2. The number of carbonyl (C=O) groups is 1. The highest BCUT2D eigenvalue weighted by Crippen LogP contribution is 2.39. The van der Waals surface area contributed by atoms with Crippen molar-refractivity contribution in [3.63, 3.8) is 0 Å². The van der Waals surface area contributed by atoms with Crippen LogP contribution in [0.3, 0.4) is 0 Å². The van der Waals surface area contributed by atoms with Gasteiger partial charge >= 0.3 is 6.03 Å². The predicted molar refractivity (Wildman–Crippen MR) is 78.3 cm³/mol. The van der Waals surface area contributed by atoms with Gasteiger partial charge in [-0.05, 0) is 23.8 Å². The lowest BCUT2D eigenvalue weighted by Crippen LogP contribution is -2.27. The number of amides is 2. The highest BCUT2D eigenvalue weighted by molar-refractivity contribution is 5.90. The van der Waals surface area contributed by atoms with E-state index in [-0.39, 0.29) is 0 Å². The fourth-order valence-electron chi connectivity index (χ4n) is 2.25. The zero-order valence-corrected chi connectivity index (χ0v) is 11.4. The summed E-state index contributed by atoms with van der Waals surface area (Å²) in [5, 5.41) is 5.94. The summed E-state index contributed by atoms with van der Waals surface area (Å²) >= 11 is 0. The fraction of sp³-hybridized carbons (Fsp3) is 0.133. The van der Waals surface area contributed by atoms with Crippen molar-refractivity contribution in [1.82, 2.24) is 5.01 Å². The SMILES string of the molecule is CN(N=O)C(=O)Nc1cccc2c1Cc1ccccc1O2. The van der Waals surface area contributed by atoms with Crippen LogP contribution in [0, 0.1) is 4.91 Å². The fourth-order valence-corrected chi connectivity index (χ4v) is 2.25. The van der Waals surface area contributed by atoms with Gasteiger partial charge in [0.15, 0.2) is 0 Å². The molecule has 3 rings (SSSR count). The highest BCUT2D eigenvalue weighted by Gasteiger charge is 2.20. The first kappa shape index (κ1) is 13.1. The van der Waals surface area contributed by atoms with Gasteiger partial charge in [0.2, 0.25) is 0 Å². The van der Waals surface area contributed by atoms with Crippen LogP contribution in [0.15, 0.2) is 47.8 Å². The van der Waals surface area contributed by atoms with Crippen molar-refractivity contribution < 1.29 is 9.53 Å². The molecule has 1 aliphatic heterocycles. The molecular weight excluding hydrogens is 270 g/mol. The van der Waals surface area contributed by atoms with E-state index in [9.17, 15) is 9.70 Å². The number of nitroso groups, excluding NO2 is 1. The summed E-state index contributed by atoms with van der Waals surface area (Å²) in [4.78, 5) is 22.1. The molecule has 0 fully saturated rings. The third kappa shape index (κ3) is 2.43. The van der Waals surface area contributed by atoms with Gasteiger partial charge in [0, 0.05) is 24.7 Å². The summed E-state index contributed by atoms with van der Waals surface area (Å²) in [6, 6.07) is 12.6. The Morgan fingerprint density at radius 2 is 1.95 bits per heavy atom. The lowest BCUT2D eigenvalue weighted by atomic mass is 9.99. The van der Waals surface area contributed by atoms with Crippen molar-refractivity contribution in [3.8, 4) is 11.5 Å². The van der Waals surface area contributed by atoms with Crippen molar-refractivity contribution in [1.29, 1.82) is 0 Å². The van der Waals surface area contributed by atoms with Gasteiger partial charge in [0.1, 0.15) is 11.5 Å². The first-order chi connectivity index (χ1) is 10.2. The number of nitrogens with zero attached hydrogens (tertiary/aromatic N) is 2. The summed E-state index contributed by atoms with van der Waals surface area (Å²) in [6.45, 7) is 0. The Kier molecular flexibility index (Phi) is 3.27. The number of fused-ring (bicyclic) bond motifs is 2. The van der Waals surface area contributed by atoms with Crippen molar-refractivity contribution >= 4 is 11.7 Å². The van der Waals surface area contributed by atoms with Gasteiger partial charge in [-0.3, -0.25) is 0 Å². The molecular formula is C15H13N3O3. The third-order valence-corrected chi connectivity index (χ3v) is 3.35. The van der Waals surface area contributed by atoms with Crippen LogP contribution in [-0.4, -0.2) is 18.1 Å². The lowest BCUT2D eigenvalue weighted by molar-refractivity contribution is 0.223. The number of urea groups is 1. The molecule has 1 heterocycles. The number of hydrogen-bond acceptors (Lipinski definition) is 4. The second-order valence-electron chi connectivity index (χ2n) is 4.70. The van der Waals surface area contributed by atoms with Gasteiger partial charge in [0.05, 0.1) is 5.29 Å². The monoisotopic (exact) mass is 283 g/mol. The molecule has 0 aliphatic carbocycles. The van der Waals surface area contributed by atoms with E-state index in [1.807, 2.05) is 30.3 Å². The maximum atomic E-state index is 11.8. The molecule has 0 saturated carbocycles. The van der Waals surface area contributed by atoms with E-state index in [2.05, 4.69) is 10.6 Å². The lowest BCUT2D eigenvalue weighted by Gasteiger charge is -2.22. The Balaban J connectivity index is 1.93. The molecule has 21 heavy (non-hydrogen) atoms. The number of hydrogen-bond donors (Lipinski definition) is 1. The molecule has 0 aromatic heterocycles. The minimum atomic E-state index is -0.586. The minimum absolute atomic E-state index is 0.586. The number of carbonyl (C=O) groups excluding carboxylic acids is 1. The molecule has 6 heteroatoms. The zero-order valence-electron chi connectivity index (χ0n) is 11.4. The van der Waals surface area contributed by atoms with Crippen molar-refractivity contribution in [2.45, 2.75) is 6.42 Å². The average Bonchev–Trinajstić information content (AvgIpc) is 2.52. The van der Waals surface area contributed by atoms with Crippen LogP contribution in [0.1, 0.15) is 11.1 Å². The van der Waals surface area contributed by atoms with Crippen LogP contribution in [0.25, 0.3) is 0 Å². The molecule has 2 amide bonds. The summed E-state index contributed by atoms with van der Waals surface area (Å²) in [6.07, 6.45) is 0.653. The van der Waals surface area contributed by atoms with Crippen LogP contribution in [0.2, 0.25) is 0 Å². The maximum absolute atomic E-state index is 11.8. The Morgan fingerprint density at radius 1 is 1.19 bits per heavy atom. The van der Waals surface area contributed by atoms with Crippen molar-refractivity contribution in [3.05, 3.63) is 58.5 Å². The molecule has 0 bridgehead atoms. The Hall–Kier alpha value is -2.89. The largest absolute Gasteiger partial charge is 0.457 e. The predicted octanol–water partition coefficient (Wildman–Crippen LogP) is 3.53. The molecule has 0 unspecified atom stereocenters. The molecule has 0 atom stereocenters. The number of anilines is 1. The van der Waals surface area contributed by atoms with Gasteiger partial charge < -0.3 is 10.1 Å². The molecule has 1 N–H and O–H groups in total. The molecule has 2 aromatic carbocycles. The van der Waals surface area contributed by atoms with E-state index in [0.29, 0.717) is 22.9 Å². The summed E-state index contributed by atoms with van der Waals surface area (Å²) in [5.74, 6) is 1.52. The van der Waals surface area contributed by atoms with E-state index in [1.54, 1.807) is 12.1 Å².